The lowest BCUT2D eigenvalue weighted by Crippen LogP contribution is -2.40. The molecule has 1 aromatic rings. The highest BCUT2D eigenvalue weighted by atomic mass is 28.3. The molecule has 1 rings (SSSR count). The average molecular weight is 165 g/mol. The summed E-state index contributed by atoms with van der Waals surface area (Å²) in [6.07, 6.45) is 0. The highest BCUT2D eigenvalue weighted by Crippen LogP contribution is 2.00. The van der Waals surface area contributed by atoms with Gasteiger partial charge in [-0.2, -0.15) is 0 Å². The van der Waals surface area contributed by atoms with Gasteiger partial charge in [-0.25, -0.2) is 0 Å². The van der Waals surface area contributed by atoms with Crippen molar-refractivity contribution in [1.29, 1.82) is 0 Å². The Kier molecular flexibility index (Phi) is 2.14. The first kappa shape index (κ1) is 8.46. The maximum absolute atomic E-state index is 4.51. The Balaban J connectivity index is 3.06. The van der Waals surface area contributed by atoms with Gasteiger partial charge in [0.2, 0.25) is 0 Å². The van der Waals surface area contributed by atoms with Crippen LogP contribution in [-0.4, -0.2) is 13.1 Å². The van der Waals surface area contributed by atoms with E-state index >= 15 is 0 Å². The number of aryl methyl sites for hydroxylation is 1. The molecule has 60 valence electrons. The van der Waals surface area contributed by atoms with Crippen LogP contribution in [-0.2, 0) is 0 Å². The Bertz CT molecular complexity index is 250. The molecule has 0 saturated carbocycles. The molecule has 1 heterocycles. The Morgan fingerprint density at radius 3 is 2.18 bits per heavy atom. The molecule has 0 radical (unpaired) electrons. The molecule has 0 bridgehead atoms. The standard InChI is InChI=1S/C9H15NSi/c1-8-6-5-7-9(10-8)11(2,3)4/h5-7H,1-4H3. The van der Waals surface area contributed by atoms with E-state index in [0.717, 1.165) is 5.69 Å². The fourth-order valence-electron chi connectivity index (χ4n) is 0.961. The molecular weight excluding hydrogens is 150 g/mol. The van der Waals surface area contributed by atoms with Gasteiger partial charge in [-0.3, -0.25) is 4.98 Å². The Morgan fingerprint density at radius 2 is 1.82 bits per heavy atom. The van der Waals surface area contributed by atoms with E-state index in [1.54, 1.807) is 0 Å². The van der Waals surface area contributed by atoms with Gasteiger partial charge in [-0.1, -0.05) is 25.7 Å². The van der Waals surface area contributed by atoms with E-state index in [2.05, 4.69) is 36.8 Å². The van der Waals surface area contributed by atoms with Crippen LogP contribution in [0.3, 0.4) is 0 Å². The summed E-state index contributed by atoms with van der Waals surface area (Å²) in [6.45, 7) is 8.99. The molecule has 0 aromatic carbocycles. The second kappa shape index (κ2) is 2.78. The van der Waals surface area contributed by atoms with E-state index in [-0.39, 0.29) is 0 Å². The summed E-state index contributed by atoms with van der Waals surface area (Å²) in [5.74, 6) is 0. The molecule has 0 aliphatic rings. The van der Waals surface area contributed by atoms with Crippen LogP contribution in [0.25, 0.3) is 0 Å². The molecule has 0 aliphatic carbocycles. The van der Waals surface area contributed by atoms with Crippen LogP contribution in [0.1, 0.15) is 5.69 Å². The SMILES string of the molecule is Cc1cccc([Si](C)(C)C)n1. The average Bonchev–Trinajstić information content (AvgIpc) is 1.86. The fourth-order valence-corrected chi connectivity index (χ4v) is 2.07. The van der Waals surface area contributed by atoms with Gasteiger partial charge in [-0.05, 0) is 19.1 Å². The molecule has 0 saturated heterocycles. The van der Waals surface area contributed by atoms with E-state index in [9.17, 15) is 0 Å². The molecule has 1 nitrogen and oxygen atoms in total. The molecule has 0 fully saturated rings. The predicted octanol–water partition coefficient (Wildman–Crippen LogP) is 1.94. The van der Waals surface area contributed by atoms with Crippen LogP contribution in [0, 0.1) is 6.92 Å². The predicted molar refractivity (Wildman–Crippen MR) is 52.0 cm³/mol. The molecule has 11 heavy (non-hydrogen) atoms. The highest BCUT2D eigenvalue weighted by molar-refractivity contribution is 6.88. The molecule has 1 aromatic heterocycles. The Hall–Kier alpha value is -0.633. The minimum absolute atomic E-state index is 1.13. The third-order valence-electron chi connectivity index (χ3n) is 1.66. The van der Waals surface area contributed by atoms with Gasteiger partial charge in [0.05, 0.1) is 0 Å². The van der Waals surface area contributed by atoms with Crippen LogP contribution in [0.15, 0.2) is 18.2 Å². The third-order valence-corrected chi connectivity index (χ3v) is 3.47. The van der Waals surface area contributed by atoms with E-state index < -0.39 is 8.07 Å². The number of aromatic nitrogens is 1. The first-order chi connectivity index (χ1) is 5.00. The van der Waals surface area contributed by atoms with E-state index in [0.29, 0.717) is 0 Å². The van der Waals surface area contributed by atoms with Crippen LogP contribution < -0.4 is 5.32 Å². The van der Waals surface area contributed by atoms with Gasteiger partial charge in [0.1, 0.15) is 8.07 Å². The monoisotopic (exact) mass is 165 g/mol. The van der Waals surface area contributed by atoms with E-state index in [1.165, 1.54) is 5.32 Å². The molecule has 0 unspecified atom stereocenters. The number of nitrogens with zero attached hydrogens (tertiary/aromatic N) is 1. The zero-order chi connectivity index (χ0) is 8.48. The smallest absolute Gasteiger partial charge is 0.101 e. The lowest BCUT2D eigenvalue weighted by molar-refractivity contribution is 1.23. The third kappa shape index (κ3) is 2.15. The molecule has 0 atom stereocenters. The number of pyridine rings is 1. The Morgan fingerprint density at radius 1 is 1.18 bits per heavy atom. The Labute approximate surface area is 69.5 Å². The molecule has 0 amide bonds. The summed E-state index contributed by atoms with van der Waals surface area (Å²) in [6, 6.07) is 6.28. The van der Waals surface area contributed by atoms with Crippen molar-refractivity contribution in [1.82, 2.24) is 4.98 Å². The summed E-state index contributed by atoms with van der Waals surface area (Å²) in [4.78, 5) is 4.51. The summed E-state index contributed by atoms with van der Waals surface area (Å²) >= 11 is 0. The van der Waals surface area contributed by atoms with Crippen molar-refractivity contribution < 1.29 is 0 Å². The van der Waals surface area contributed by atoms with Crippen molar-refractivity contribution in [3.63, 3.8) is 0 Å². The van der Waals surface area contributed by atoms with Gasteiger partial charge in [0.15, 0.2) is 0 Å². The van der Waals surface area contributed by atoms with Crippen molar-refractivity contribution in [3.05, 3.63) is 23.9 Å². The summed E-state index contributed by atoms with van der Waals surface area (Å²) in [7, 11) is -1.18. The minimum atomic E-state index is -1.18. The van der Waals surface area contributed by atoms with Crippen molar-refractivity contribution >= 4 is 13.4 Å². The first-order valence-electron chi connectivity index (χ1n) is 3.94. The topological polar surface area (TPSA) is 12.9 Å². The lowest BCUT2D eigenvalue weighted by atomic mass is 10.4. The van der Waals surface area contributed by atoms with Gasteiger partial charge in [-0.15, -0.1) is 0 Å². The number of hydrogen-bond acceptors (Lipinski definition) is 1. The summed E-state index contributed by atoms with van der Waals surface area (Å²) < 4.78 is 0. The van der Waals surface area contributed by atoms with Gasteiger partial charge >= 0.3 is 0 Å². The fraction of sp³-hybridized carbons (Fsp3) is 0.444. The number of hydrogen-bond donors (Lipinski definition) is 0. The van der Waals surface area contributed by atoms with Gasteiger partial charge in [0.25, 0.3) is 0 Å². The van der Waals surface area contributed by atoms with Crippen molar-refractivity contribution in [3.8, 4) is 0 Å². The van der Waals surface area contributed by atoms with Crippen LogP contribution in [0.4, 0.5) is 0 Å². The van der Waals surface area contributed by atoms with Crippen LogP contribution in [0.2, 0.25) is 19.6 Å². The second-order valence-electron chi connectivity index (χ2n) is 3.91. The lowest BCUT2D eigenvalue weighted by Gasteiger charge is -2.14. The van der Waals surface area contributed by atoms with Crippen LogP contribution >= 0.6 is 0 Å². The highest BCUT2D eigenvalue weighted by Gasteiger charge is 2.17. The summed E-state index contributed by atoms with van der Waals surface area (Å²) in [5, 5.41) is 1.30. The molecule has 2 heteroatoms. The number of rotatable bonds is 1. The van der Waals surface area contributed by atoms with Crippen molar-refractivity contribution in [2.45, 2.75) is 26.6 Å². The van der Waals surface area contributed by atoms with Crippen molar-refractivity contribution in [2.24, 2.45) is 0 Å². The minimum Gasteiger partial charge on any atom is -0.263 e. The van der Waals surface area contributed by atoms with E-state index in [4.69, 9.17) is 0 Å². The zero-order valence-electron chi connectivity index (χ0n) is 7.68. The van der Waals surface area contributed by atoms with Gasteiger partial charge in [0, 0.05) is 11.0 Å². The quantitative estimate of drug-likeness (QED) is 0.579. The van der Waals surface area contributed by atoms with Crippen LogP contribution in [0.5, 0.6) is 0 Å². The summed E-state index contributed by atoms with van der Waals surface area (Å²) in [5.41, 5.74) is 1.13. The maximum atomic E-state index is 4.51. The molecule has 0 N–H and O–H groups in total. The first-order valence-corrected chi connectivity index (χ1v) is 7.44. The molecule has 0 spiro atoms. The zero-order valence-corrected chi connectivity index (χ0v) is 8.68. The molecule has 0 aliphatic heterocycles. The largest absolute Gasteiger partial charge is 0.263 e. The maximum Gasteiger partial charge on any atom is 0.101 e. The normalized spacial score (nSPS) is 11.6. The van der Waals surface area contributed by atoms with Crippen molar-refractivity contribution in [2.75, 3.05) is 0 Å². The van der Waals surface area contributed by atoms with Gasteiger partial charge < -0.3 is 0 Å². The van der Waals surface area contributed by atoms with E-state index in [1.807, 2.05) is 13.0 Å². The second-order valence-corrected chi connectivity index (χ2v) is 8.93. The molecular formula is C9H15NSi.